The molecule has 7 nitrogen and oxygen atoms in total. The maximum absolute atomic E-state index is 9.92. The molecule has 0 radical (unpaired) electrons. The van der Waals surface area contributed by atoms with E-state index in [1.54, 1.807) is 13.3 Å². The van der Waals surface area contributed by atoms with E-state index < -0.39 is 5.41 Å². The van der Waals surface area contributed by atoms with Gasteiger partial charge in [0.2, 0.25) is 11.8 Å². The van der Waals surface area contributed by atoms with Gasteiger partial charge < -0.3 is 9.64 Å². The minimum atomic E-state index is -0.445. The van der Waals surface area contributed by atoms with Gasteiger partial charge in [0, 0.05) is 19.2 Å². The van der Waals surface area contributed by atoms with Crippen molar-refractivity contribution >= 4 is 5.95 Å². The molecule has 7 heteroatoms. The lowest BCUT2D eigenvalue weighted by atomic mass is 9.74. The summed E-state index contributed by atoms with van der Waals surface area (Å²) in [6.45, 7) is 3.41. The van der Waals surface area contributed by atoms with Gasteiger partial charge in [0.05, 0.1) is 30.5 Å². The molecule has 1 fully saturated rings. The molecule has 0 aliphatic carbocycles. The second-order valence-corrected chi connectivity index (χ2v) is 6.99. The summed E-state index contributed by atoms with van der Waals surface area (Å²) in [4.78, 5) is 6.49. The van der Waals surface area contributed by atoms with Crippen LogP contribution in [0.25, 0.3) is 5.69 Å². The van der Waals surface area contributed by atoms with Gasteiger partial charge >= 0.3 is 0 Å². The molecule has 0 unspecified atom stereocenters. The number of hydrogen-bond donors (Lipinski definition) is 0. The predicted molar refractivity (Wildman–Crippen MR) is 106 cm³/mol. The number of aryl methyl sites for hydroxylation is 1. The quantitative estimate of drug-likeness (QED) is 0.698. The maximum Gasteiger partial charge on any atom is 0.231 e. The molecule has 28 heavy (non-hydrogen) atoms. The van der Waals surface area contributed by atoms with Crippen LogP contribution in [0.2, 0.25) is 0 Å². The largest absolute Gasteiger partial charge is 0.481 e. The lowest BCUT2D eigenvalue weighted by molar-refractivity contribution is 0.397. The minimum Gasteiger partial charge on any atom is -0.481 e. The lowest BCUT2D eigenvalue weighted by Crippen LogP contribution is -2.43. The summed E-state index contributed by atoms with van der Waals surface area (Å²) in [5.41, 5.74) is 1.53. The third-order valence-electron chi connectivity index (χ3n) is 5.44. The first-order valence-corrected chi connectivity index (χ1v) is 9.31. The number of benzene rings is 1. The molecule has 1 aromatic carbocycles. The summed E-state index contributed by atoms with van der Waals surface area (Å²) in [5, 5.41) is 18.6. The van der Waals surface area contributed by atoms with Crippen molar-refractivity contribution in [1.82, 2.24) is 19.7 Å². The molecule has 4 rings (SSSR count). The molecule has 3 aromatic rings. The van der Waals surface area contributed by atoms with Crippen LogP contribution < -0.4 is 9.64 Å². The fraction of sp³-hybridized carbons (Fsp3) is 0.333. The molecule has 142 valence electrons. The van der Waals surface area contributed by atoms with E-state index in [1.165, 1.54) is 0 Å². The minimum absolute atomic E-state index is 0.445. The van der Waals surface area contributed by atoms with Crippen molar-refractivity contribution in [2.45, 2.75) is 25.2 Å². The van der Waals surface area contributed by atoms with Crippen LogP contribution in [-0.2, 0) is 5.41 Å². The number of methoxy groups -OCH3 is 1. The summed E-state index contributed by atoms with van der Waals surface area (Å²) in [7, 11) is 1.60. The number of pyridine rings is 1. The third-order valence-corrected chi connectivity index (χ3v) is 5.44. The molecule has 1 saturated heterocycles. The van der Waals surface area contributed by atoms with Crippen LogP contribution in [0.4, 0.5) is 5.95 Å². The summed E-state index contributed by atoms with van der Waals surface area (Å²) in [6.07, 6.45) is 3.26. The van der Waals surface area contributed by atoms with Gasteiger partial charge in [0.1, 0.15) is 5.82 Å². The molecule has 3 heterocycles. The number of nitriles is 1. The first-order valence-electron chi connectivity index (χ1n) is 9.31. The van der Waals surface area contributed by atoms with Gasteiger partial charge in [-0.15, -0.1) is 10.2 Å². The van der Waals surface area contributed by atoms with Crippen LogP contribution in [0.15, 0.2) is 48.7 Å². The Labute approximate surface area is 164 Å². The summed E-state index contributed by atoms with van der Waals surface area (Å²) in [5.74, 6) is 2.14. The Hall–Kier alpha value is -3.40. The van der Waals surface area contributed by atoms with Crippen molar-refractivity contribution in [2.24, 2.45) is 0 Å². The van der Waals surface area contributed by atoms with Gasteiger partial charge in [-0.1, -0.05) is 30.3 Å². The molecule has 0 atom stereocenters. The van der Waals surface area contributed by atoms with E-state index >= 15 is 0 Å². The number of nitrogens with zero attached hydrogens (tertiary/aromatic N) is 6. The lowest BCUT2D eigenvalue weighted by Gasteiger charge is -2.38. The van der Waals surface area contributed by atoms with E-state index in [0.717, 1.165) is 49.0 Å². The zero-order valence-electron chi connectivity index (χ0n) is 16.0. The maximum atomic E-state index is 9.92. The van der Waals surface area contributed by atoms with E-state index in [1.807, 2.05) is 41.8 Å². The van der Waals surface area contributed by atoms with E-state index in [2.05, 4.69) is 38.3 Å². The van der Waals surface area contributed by atoms with Gasteiger partial charge in [0.25, 0.3) is 0 Å². The zero-order chi connectivity index (χ0) is 19.6. The predicted octanol–water partition coefficient (Wildman–Crippen LogP) is 3.04. The number of aromatic nitrogens is 4. The monoisotopic (exact) mass is 374 g/mol. The molecule has 1 aliphatic heterocycles. The van der Waals surface area contributed by atoms with Crippen LogP contribution in [0, 0.1) is 18.3 Å². The van der Waals surface area contributed by atoms with Crippen molar-refractivity contribution in [2.75, 3.05) is 25.1 Å². The van der Waals surface area contributed by atoms with E-state index in [-0.39, 0.29) is 0 Å². The van der Waals surface area contributed by atoms with Crippen molar-refractivity contribution in [3.63, 3.8) is 0 Å². The smallest absolute Gasteiger partial charge is 0.231 e. The highest BCUT2D eigenvalue weighted by atomic mass is 16.5. The summed E-state index contributed by atoms with van der Waals surface area (Å²) >= 11 is 0. The molecular formula is C21H22N6O. The molecule has 0 bridgehead atoms. The van der Waals surface area contributed by atoms with Gasteiger partial charge in [-0.3, -0.25) is 4.57 Å². The Morgan fingerprint density at radius 1 is 1.07 bits per heavy atom. The normalized spacial score (nSPS) is 15.8. The standard InChI is InChI=1S/C21H22N6O/c1-16-24-25-20(27(16)18-8-9-19(28-2)23-14-18)26-12-10-21(15-22,11-13-26)17-6-4-3-5-7-17/h3-9,14H,10-13H2,1-2H3. The fourth-order valence-corrected chi connectivity index (χ4v) is 3.79. The highest BCUT2D eigenvalue weighted by Crippen LogP contribution is 2.36. The molecule has 0 amide bonds. The molecule has 1 aliphatic rings. The fourth-order valence-electron chi connectivity index (χ4n) is 3.79. The highest BCUT2D eigenvalue weighted by molar-refractivity contribution is 5.45. The number of anilines is 1. The molecule has 0 spiro atoms. The molecule has 0 N–H and O–H groups in total. The Balaban J connectivity index is 1.60. The summed E-state index contributed by atoms with van der Waals surface area (Å²) < 4.78 is 7.14. The van der Waals surface area contributed by atoms with Crippen molar-refractivity contribution < 1.29 is 4.74 Å². The van der Waals surface area contributed by atoms with Gasteiger partial charge in [-0.05, 0) is 31.4 Å². The van der Waals surface area contributed by atoms with Gasteiger partial charge in [0.15, 0.2) is 0 Å². The van der Waals surface area contributed by atoms with Crippen LogP contribution in [-0.4, -0.2) is 39.9 Å². The van der Waals surface area contributed by atoms with Crippen molar-refractivity contribution in [3.05, 3.63) is 60.0 Å². The Morgan fingerprint density at radius 3 is 2.43 bits per heavy atom. The number of rotatable bonds is 4. The second-order valence-electron chi connectivity index (χ2n) is 6.99. The Kier molecular flexibility index (Phi) is 4.70. The topological polar surface area (TPSA) is 79.9 Å². The van der Waals surface area contributed by atoms with Crippen molar-refractivity contribution in [1.29, 1.82) is 5.26 Å². The zero-order valence-corrected chi connectivity index (χ0v) is 16.0. The van der Waals surface area contributed by atoms with Gasteiger partial charge in [-0.2, -0.15) is 5.26 Å². The first-order chi connectivity index (χ1) is 13.7. The van der Waals surface area contributed by atoms with Crippen LogP contribution in [0.5, 0.6) is 5.88 Å². The number of hydrogen-bond acceptors (Lipinski definition) is 6. The highest BCUT2D eigenvalue weighted by Gasteiger charge is 2.37. The number of piperidine rings is 1. The third kappa shape index (κ3) is 3.07. The van der Waals surface area contributed by atoms with Crippen LogP contribution in [0.1, 0.15) is 24.2 Å². The van der Waals surface area contributed by atoms with Crippen LogP contribution in [0.3, 0.4) is 0 Å². The summed E-state index contributed by atoms with van der Waals surface area (Å²) in [6, 6.07) is 16.4. The van der Waals surface area contributed by atoms with E-state index in [9.17, 15) is 5.26 Å². The van der Waals surface area contributed by atoms with Gasteiger partial charge in [-0.25, -0.2) is 4.98 Å². The van der Waals surface area contributed by atoms with E-state index in [4.69, 9.17) is 4.74 Å². The average molecular weight is 374 g/mol. The SMILES string of the molecule is COc1ccc(-n2c(C)nnc2N2CCC(C#N)(c3ccccc3)CC2)cn1. The molecule has 2 aromatic heterocycles. The Bertz CT molecular complexity index is 982. The number of ether oxygens (including phenoxy) is 1. The van der Waals surface area contributed by atoms with E-state index in [0.29, 0.717) is 5.88 Å². The Morgan fingerprint density at radius 2 is 1.82 bits per heavy atom. The molecular weight excluding hydrogens is 352 g/mol. The van der Waals surface area contributed by atoms with Crippen LogP contribution >= 0.6 is 0 Å². The van der Waals surface area contributed by atoms with Crippen molar-refractivity contribution in [3.8, 4) is 17.6 Å². The average Bonchev–Trinajstić information content (AvgIpc) is 3.16. The first kappa shape index (κ1) is 18.0. The second kappa shape index (κ2) is 7.31. The molecule has 0 saturated carbocycles.